The summed E-state index contributed by atoms with van der Waals surface area (Å²) < 4.78 is 0. The van der Waals surface area contributed by atoms with Crippen LogP contribution in [0.4, 0.5) is 0 Å². The van der Waals surface area contributed by atoms with E-state index < -0.39 is 12.1 Å². The Hall–Kier alpha value is -2.45. The molecule has 4 atom stereocenters. The normalized spacial score (nSPS) is 20.2. The Balaban J connectivity index is 2.05. The van der Waals surface area contributed by atoms with Crippen LogP contribution in [0.15, 0.2) is 24.3 Å². The molecule has 1 aliphatic rings. The second-order valence-corrected chi connectivity index (χ2v) is 8.11. The molecule has 1 fully saturated rings. The number of rotatable bonds is 9. The number of amides is 1. The Morgan fingerprint density at radius 1 is 1.27 bits per heavy atom. The summed E-state index contributed by atoms with van der Waals surface area (Å²) in [7, 11) is 0. The molecule has 0 spiro atoms. The molecule has 1 aliphatic heterocycles. The fraction of sp³-hybridized carbons (Fsp3) is 0.609. The Kier molecular flexibility index (Phi) is 8.80. The molecule has 7 heteroatoms. The summed E-state index contributed by atoms with van der Waals surface area (Å²) in [4.78, 5) is 19.1. The van der Waals surface area contributed by atoms with Gasteiger partial charge in [-0.2, -0.15) is 10.5 Å². The van der Waals surface area contributed by atoms with Crippen LogP contribution in [-0.2, 0) is 4.79 Å². The standard InChI is InChI=1S/C23H34N6O/c1-5-11-28(17(3)12-24)23(30)22(26)15-27-14-21(6-2)29(16-27)18(4)20-9-7-19(13-25)8-10-20/h7-10,17-18,21-22H,5-6,11,14-16,26H2,1-4H3/t17-,18?,21-,22?/m0/s1. The van der Waals surface area contributed by atoms with Crippen molar-refractivity contribution in [3.8, 4) is 12.1 Å². The van der Waals surface area contributed by atoms with Crippen LogP contribution in [-0.4, -0.2) is 65.0 Å². The minimum Gasteiger partial charge on any atom is -0.326 e. The van der Waals surface area contributed by atoms with Crippen molar-refractivity contribution in [2.75, 3.05) is 26.3 Å². The van der Waals surface area contributed by atoms with Crippen LogP contribution in [0.25, 0.3) is 0 Å². The molecule has 30 heavy (non-hydrogen) atoms. The molecule has 2 N–H and O–H groups in total. The number of carbonyl (C=O) groups is 1. The third-order valence-electron chi connectivity index (χ3n) is 5.97. The smallest absolute Gasteiger partial charge is 0.241 e. The Bertz CT molecular complexity index is 780. The van der Waals surface area contributed by atoms with Crippen LogP contribution >= 0.6 is 0 Å². The van der Waals surface area contributed by atoms with Gasteiger partial charge in [-0.1, -0.05) is 26.0 Å². The highest BCUT2D eigenvalue weighted by Crippen LogP contribution is 2.28. The molecule has 1 amide bonds. The average Bonchev–Trinajstić information content (AvgIpc) is 3.18. The number of benzene rings is 1. The molecule has 1 aromatic rings. The molecule has 0 saturated carbocycles. The molecule has 0 aromatic heterocycles. The molecule has 7 nitrogen and oxygen atoms in total. The van der Waals surface area contributed by atoms with Crippen molar-refractivity contribution in [1.29, 1.82) is 10.5 Å². The van der Waals surface area contributed by atoms with Gasteiger partial charge in [-0.25, -0.2) is 0 Å². The fourth-order valence-electron chi connectivity index (χ4n) is 4.14. The van der Waals surface area contributed by atoms with Crippen LogP contribution < -0.4 is 5.73 Å². The molecule has 1 aromatic carbocycles. The Morgan fingerprint density at radius 2 is 1.93 bits per heavy atom. The van der Waals surface area contributed by atoms with Crippen LogP contribution in [0.5, 0.6) is 0 Å². The fourth-order valence-corrected chi connectivity index (χ4v) is 4.14. The lowest BCUT2D eigenvalue weighted by Gasteiger charge is -2.30. The Morgan fingerprint density at radius 3 is 2.47 bits per heavy atom. The zero-order chi connectivity index (χ0) is 22.3. The first-order valence-electron chi connectivity index (χ1n) is 10.8. The van der Waals surface area contributed by atoms with Crippen molar-refractivity contribution in [3.05, 3.63) is 35.4 Å². The number of nitrogens with two attached hydrogens (primary N) is 1. The van der Waals surface area contributed by atoms with Gasteiger partial charge in [-0.05, 0) is 44.4 Å². The van der Waals surface area contributed by atoms with Crippen molar-refractivity contribution >= 4 is 5.91 Å². The summed E-state index contributed by atoms with van der Waals surface area (Å²) in [6.07, 6.45) is 1.80. The molecule has 2 unspecified atom stereocenters. The van der Waals surface area contributed by atoms with Gasteiger partial charge in [-0.15, -0.1) is 0 Å². The molecule has 1 heterocycles. The Labute approximate surface area is 180 Å². The molecular formula is C23H34N6O. The minimum absolute atomic E-state index is 0.155. The third-order valence-corrected chi connectivity index (χ3v) is 5.97. The summed E-state index contributed by atoms with van der Waals surface area (Å²) in [6.45, 7) is 10.7. The van der Waals surface area contributed by atoms with Crippen molar-refractivity contribution in [3.63, 3.8) is 0 Å². The molecule has 162 valence electrons. The van der Waals surface area contributed by atoms with E-state index in [1.807, 2.05) is 31.2 Å². The maximum Gasteiger partial charge on any atom is 0.241 e. The van der Waals surface area contributed by atoms with Gasteiger partial charge >= 0.3 is 0 Å². The molecular weight excluding hydrogens is 376 g/mol. The van der Waals surface area contributed by atoms with Gasteiger partial charge in [0.25, 0.3) is 0 Å². The third kappa shape index (κ3) is 5.58. The van der Waals surface area contributed by atoms with Gasteiger partial charge in [0.15, 0.2) is 0 Å². The topological polar surface area (TPSA) is 100 Å². The quantitative estimate of drug-likeness (QED) is 0.671. The van der Waals surface area contributed by atoms with Crippen LogP contribution in [0.1, 0.15) is 57.7 Å². The maximum atomic E-state index is 12.9. The largest absolute Gasteiger partial charge is 0.326 e. The molecule has 2 rings (SSSR count). The highest BCUT2D eigenvalue weighted by Gasteiger charge is 2.35. The lowest BCUT2D eigenvalue weighted by atomic mass is 10.0. The van der Waals surface area contributed by atoms with E-state index in [9.17, 15) is 10.1 Å². The summed E-state index contributed by atoms with van der Waals surface area (Å²) in [6, 6.07) is 11.5. The van der Waals surface area contributed by atoms with Crippen LogP contribution in [0.2, 0.25) is 0 Å². The molecule has 0 bridgehead atoms. The number of nitrogens with zero attached hydrogens (tertiary/aromatic N) is 5. The van der Waals surface area contributed by atoms with Gasteiger partial charge in [0.2, 0.25) is 5.91 Å². The first-order chi connectivity index (χ1) is 14.4. The highest BCUT2D eigenvalue weighted by molar-refractivity contribution is 5.82. The minimum atomic E-state index is -0.643. The SMILES string of the molecule is CCCN(C(=O)C(N)CN1C[C@H](CC)N(C(C)c2ccc(C#N)cc2)C1)[C@@H](C)C#N. The lowest BCUT2D eigenvalue weighted by Crippen LogP contribution is -2.52. The van der Waals surface area contributed by atoms with E-state index in [-0.39, 0.29) is 11.9 Å². The van der Waals surface area contributed by atoms with Gasteiger partial charge in [-0.3, -0.25) is 14.6 Å². The van der Waals surface area contributed by atoms with E-state index in [1.54, 1.807) is 11.8 Å². The highest BCUT2D eigenvalue weighted by atomic mass is 16.2. The van der Waals surface area contributed by atoms with Gasteiger partial charge < -0.3 is 10.6 Å². The van der Waals surface area contributed by atoms with E-state index in [2.05, 4.69) is 35.8 Å². The zero-order valence-corrected chi connectivity index (χ0v) is 18.6. The zero-order valence-electron chi connectivity index (χ0n) is 18.6. The number of carbonyl (C=O) groups excluding carboxylic acids is 1. The lowest BCUT2D eigenvalue weighted by molar-refractivity contribution is -0.134. The predicted octanol–water partition coefficient (Wildman–Crippen LogP) is 2.45. The van der Waals surface area contributed by atoms with Gasteiger partial charge in [0.1, 0.15) is 6.04 Å². The summed E-state index contributed by atoms with van der Waals surface area (Å²) in [5.41, 5.74) is 8.11. The first-order valence-corrected chi connectivity index (χ1v) is 10.8. The van der Waals surface area contributed by atoms with E-state index in [4.69, 9.17) is 11.0 Å². The predicted molar refractivity (Wildman–Crippen MR) is 117 cm³/mol. The molecule has 1 saturated heterocycles. The van der Waals surface area contributed by atoms with Crippen LogP contribution in [0, 0.1) is 22.7 Å². The first kappa shape index (κ1) is 23.8. The maximum absolute atomic E-state index is 12.9. The molecule has 0 aliphatic carbocycles. The van der Waals surface area contributed by atoms with Crippen LogP contribution in [0.3, 0.4) is 0 Å². The van der Waals surface area contributed by atoms with E-state index in [1.165, 1.54) is 5.56 Å². The monoisotopic (exact) mass is 410 g/mol. The van der Waals surface area contributed by atoms with Crippen molar-refractivity contribution < 1.29 is 4.79 Å². The number of nitriles is 2. The second-order valence-electron chi connectivity index (χ2n) is 8.11. The average molecular weight is 411 g/mol. The van der Waals surface area contributed by atoms with Gasteiger partial charge in [0, 0.05) is 31.7 Å². The summed E-state index contributed by atoms with van der Waals surface area (Å²) in [5, 5.41) is 18.2. The van der Waals surface area contributed by atoms with Gasteiger partial charge in [0.05, 0.1) is 30.4 Å². The molecule has 0 radical (unpaired) electrons. The van der Waals surface area contributed by atoms with Crippen molar-refractivity contribution in [2.24, 2.45) is 5.73 Å². The van der Waals surface area contributed by atoms with E-state index in [0.29, 0.717) is 24.7 Å². The summed E-state index contributed by atoms with van der Waals surface area (Å²) in [5.74, 6) is -0.155. The van der Waals surface area contributed by atoms with E-state index in [0.717, 1.165) is 26.1 Å². The number of hydrogen-bond acceptors (Lipinski definition) is 6. The summed E-state index contributed by atoms with van der Waals surface area (Å²) >= 11 is 0. The number of hydrogen-bond donors (Lipinski definition) is 1. The van der Waals surface area contributed by atoms with Crippen molar-refractivity contribution in [1.82, 2.24) is 14.7 Å². The van der Waals surface area contributed by atoms with Crippen molar-refractivity contribution in [2.45, 2.75) is 64.7 Å². The second kappa shape index (κ2) is 11.1. The van der Waals surface area contributed by atoms with E-state index >= 15 is 0 Å².